The summed E-state index contributed by atoms with van der Waals surface area (Å²) in [5, 5.41) is 0.155. The second-order valence-electron chi connectivity index (χ2n) is 3.81. The van der Waals surface area contributed by atoms with Crippen LogP contribution in [0.25, 0.3) is 0 Å². The zero-order valence-electron chi connectivity index (χ0n) is 9.70. The number of hydrogen-bond donors (Lipinski definition) is 1. The van der Waals surface area contributed by atoms with E-state index in [0.29, 0.717) is 0 Å². The molecule has 3 nitrogen and oxygen atoms in total. The highest BCUT2D eigenvalue weighted by molar-refractivity contribution is 7.92. The fourth-order valence-electron chi connectivity index (χ4n) is 1.44. The predicted octanol–water partition coefficient (Wildman–Crippen LogP) is 4.59. The molecule has 0 atom stereocenters. The van der Waals surface area contributed by atoms with Gasteiger partial charge in [0.05, 0.1) is 15.1 Å². The Morgan fingerprint density at radius 2 is 1.45 bits per heavy atom. The van der Waals surface area contributed by atoms with E-state index in [1.165, 1.54) is 18.2 Å². The Morgan fingerprint density at radius 1 is 0.900 bits per heavy atom. The summed E-state index contributed by atoms with van der Waals surface area (Å²) < 4.78 is 39.4. The van der Waals surface area contributed by atoms with Gasteiger partial charge in [-0.25, -0.2) is 12.8 Å². The maximum atomic E-state index is 12.8. The first-order valence-corrected chi connectivity index (χ1v) is 7.84. The van der Waals surface area contributed by atoms with Crippen molar-refractivity contribution in [3.05, 3.63) is 57.3 Å². The molecule has 0 aliphatic carbocycles. The van der Waals surface area contributed by atoms with Gasteiger partial charge in [-0.1, -0.05) is 34.8 Å². The van der Waals surface area contributed by atoms with Crippen LogP contribution < -0.4 is 4.72 Å². The van der Waals surface area contributed by atoms with Crippen LogP contribution in [0.5, 0.6) is 0 Å². The van der Waals surface area contributed by atoms with Crippen LogP contribution >= 0.6 is 34.8 Å². The molecule has 0 heterocycles. The summed E-state index contributed by atoms with van der Waals surface area (Å²) in [6.07, 6.45) is 0. The highest BCUT2D eigenvalue weighted by Gasteiger charge is 2.20. The average Bonchev–Trinajstić information content (AvgIpc) is 2.36. The summed E-state index contributed by atoms with van der Waals surface area (Å²) in [6.45, 7) is 0. The van der Waals surface area contributed by atoms with Crippen LogP contribution in [0.15, 0.2) is 41.3 Å². The summed E-state index contributed by atoms with van der Waals surface area (Å²) in [5.41, 5.74) is 0.202. The van der Waals surface area contributed by atoms with E-state index in [9.17, 15) is 12.8 Å². The lowest BCUT2D eigenvalue weighted by atomic mass is 10.3. The predicted molar refractivity (Wildman–Crippen MR) is 78.7 cm³/mol. The Hall–Kier alpha value is -1.01. The van der Waals surface area contributed by atoms with Gasteiger partial charge in [-0.05, 0) is 36.4 Å². The molecule has 0 aliphatic heterocycles. The van der Waals surface area contributed by atoms with Crippen molar-refractivity contribution in [2.75, 3.05) is 4.72 Å². The molecule has 0 unspecified atom stereocenters. The number of sulfonamides is 1. The minimum atomic E-state index is -3.94. The van der Waals surface area contributed by atoms with Crippen molar-refractivity contribution in [1.29, 1.82) is 0 Å². The SMILES string of the molecule is O=S(=O)(Nc1ccc(F)cc1)c1cc(Cl)c(Cl)cc1Cl. The minimum absolute atomic E-state index is 0.0611. The molecule has 0 aliphatic rings. The monoisotopic (exact) mass is 353 g/mol. The molecule has 0 bridgehead atoms. The number of anilines is 1. The van der Waals surface area contributed by atoms with E-state index in [4.69, 9.17) is 34.8 Å². The number of halogens is 4. The fraction of sp³-hybridized carbons (Fsp3) is 0. The zero-order valence-corrected chi connectivity index (χ0v) is 12.8. The zero-order chi connectivity index (χ0) is 14.9. The second-order valence-corrected chi connectivity index (χ2v) is 6.68. The highest BCUT2D eigenvalue weighted by Crippen LogP contribution is 2.32. The third kappa shape index (κ3) is 3.35. The average molecular weight is 355 g/mol. The standard InChI is InChI=1S/C12H7Cl3FNO2S/c13-9-5-11(15)12(6-10(9)14)20(18,19)17-8-3-1-7(16)2-4-8/h1-6,17H. The van der Waals surface area contributed by atoms with Gasteiger partial charge in [0.1, 0.15) is 10.7 Å². The van der Waals surface area contributed by atoms with Crippen LogP contribution in [0, 0.1) is 5.82 Å². The van der Waals surface area contributed by atoms with Crippen molar-refractivity contribution in [3.63, 3.8) is 0 Å². The quantitative estimate of drug-likeness (QED) is 0.820. The van der Waals surface area contributed by atoms with E-state index in [1.54, 1.807) is 0 Å². The van der Waals surface area contributed by atoms with Gasteiger partial charge in [0.2, 0.25) is 0 Å². The summed E-state index contributed by atoms with van der Waals surface area (Å²) in [5.74, 6) is -0.472. The van der Waals surface area contributed by atoms with Crippen LogP contribution in [0.4, 0.5) is 10.1 Å². The molecule has 106 valence electrons. The number of rotatable bonds is 3. The lowest BCUT2D eigenvalue weighted by Gasteiger charge is -2.10. The first-order valence-electron chi connectivity index (χ1n) is 5.22. The van der Waals surface area contributed by atoms with Crippen LogP contribution in [-0.2, 0) is 10.0 Å². The lowest BCUT2D eigenvalue weighted by molar-refractivity contribution is 0.601. The summed E-state index contributed by atoms with van der Waals surface area (Å²) in [6, 6.07) is 7.24. The van der Waals surface area contributed by atoms with Crippen molar-refractivity contribution >= 4 is 50.5 Å². The first-order chi connectivity index (χ1) is 9.29. The van der Waals surface area contributed by atoms with Crippen molar-refractivity contribution in [2.45, 2.75) is 4.90 Å². The van der Waals surface area contributed by atoms with E-state index >= 15 is 0 Å². The Labute approximate surface area is 130 Å². The Balaban J connectivity index is 2.40. The summed E-state index contributed by atoms with van der Waals surface area (Å²) in [4.78, 5) is -0.210. The second kappa shape index (κ2) is 5.77. The lowest BCUT2D eigenvalue weighted by Crippen LogP contribution is -2.13. The molecular formula is C12H7Cl3FNO2S. The van der Waals surface area contributed by atoms with Crippen molar-refractivity contribution in [3.8, 4) is 0 Å². The number of hydrogen-bond acceptors (Lipinski definition) is 2. The van der Waals surface area contributed by atoms with E-state index in [-0.39, 0.29) is 25.7 Å². The molecule has 0 saturated carbocycles. The van der Waals surface area contributed by atoms with E-state index < -0.39 is 15.8 Å². The molecular weight excluding hydrogens is 348 g/mol. The molecule has 8 heteroatoms. The Bertz CT molecular complexity index is 748. The molecule has 0 aromatic heterocycles. The molecule has 0 radical (unpaired) electrons. The van der Waals surface area contributed by atoms with E-state index in [0.717, 1.165) is 18.2 Å². The largest absolute Gasteiger partial charge is 0.280 e. The van der Waals surface area contributed by atoms with Gasteiger partial charge in [-0.3, -0.25) is 4.72 Å². The van der Waals surface area contributed by atoms with Crippen LogP contribution in [0.2, 0.25) is 15.1 Å². The molecule has 2 rings (SSSR count). The van der Waals surface area contributed by atoms with E-state index in [1.807, 2.05) is 0 Å². The fourth-order valence-corrected chi connectivity index (χ4v) is 3.50. The third-order valence-electron chi connectivity index (χ3n) is 2.36. The first kappa shape index (κ1) is 15.4. The van der Waals surface area contributed by atoms with Crippen LogP contribution in [0.1, 0.15) is 0 Å². The van der Waals surface area contributed by atoms with Gasteiger partial charge in [0, 0.05) is 5.69 Å². The van der Waals surface area contributed by atoms with Gasteiger partial charge >= 0.3 is 0 Å². The molecule has 2 aromatic carbocycles. The highest BCUT2D eigenvalue weighted by atomic mass is 35.5. The number of nitrogens with one attached hydrogen (secondary N) is 1. The van der Waals surface area contributed by atoms with Gasteiger partial charge in [-0.2, -0.15) is 0 Å². The summed E-state index contributed by atoms with van der Waals surface area (Å²) >= 11 is 17.4. The summed E-state index contributed by atoms with van der Waals surface area (Å²) in [7, 11) is -3.94. The molecule has 0 saturated heterocycles. The number of benzene rings is 2. The topological polar surface area (TPSA) is 46.2 Å². The maximum absolute atomic E-state index is 12.8. The Morgan fingerprint density at radius 3 is 2.05 bits per heavy atom. The van der Waals surface area contributed by atoms with Crippen LogP contribution in [0.3, 0.4) is 0 Å². The van der Waals surface area contributed by atoms with Crippen LogP contribution in [-0.4, -0.2) is 8.42 Å². The molecule has 1 N–H and O–H groups in total. The normalized spacial score (nSPS) is 11.4. The third-order valence-corrected chi connectivity index (χ3v) is 4.93. The van der Waals surface area contributed by atoms with Gasteiger partial charge in [0.15, 0.2) is 0 Å². The van der Waals surface area contributed by atoms with Crippen molar-refractivity contribution < 1.29 is 12.8 Å². The molecule has 0 amide bonds. The maximum Gasteiger partial charge on any atom is 0.263 e. The molecule has 0 spiro atoms. The molecule has 2 aromatic rings. The van der Waals surface area contributed by atoms with Gasteiger partial charge in [-0.15, -0.1) is 0 Å². The van der Waals surface area contributed by atoms with Crippen molar-refractivity contribution in [1.82, 2.24) is 0 Å². The Kier molecular flexibility index (Phi) is 4.44. The van der Waals surface area contributed by atoms with Gasteiger partial charge in [0.25, 0.3) is 10.0 Å². The smallest absolute Gasteiger partial charge is 0.263 e. The van der Waals surface area contributed by atoms with E-state index in [2.05, 4.69) is 4.72 Å². The van der Waals surface area contributed by atoms with Gasteiger partial charge < -0.3 is 0 Å². The molecule has 0 fully saturated rings. The van der Waals surface area contributed by atoms with Crippen molar-refractivity contribution in [2.24, 2.45) is 0 Å². The minimum Gasteiger partial charge on any atom is -0.280 e. The molecule has 20 heavy (non-hydrogen) atoms.